The van der Waals surface area contributed by atoms with Crippen LogP contribution in [0.3, 0.4) is 0 Å². The van der Waals surface area contributed by atoms with Gasteiger partial charge in [0.15, 0.2) is 0 Å². The minimum atomic E-state index is -0.330. The molecule has 4 aliphatic rings. The highest BCUT2D eigenvalue weighted by Gasteiger charge is 2.69. The lowest BCUT2D eigenvalue weighted by Gasteiger charge is -2.65. The highest BCUT2D eigenvalue weighted by Crippen LogP contribution is 2.66. The summed E-state index contributed by atoms with van der Waals surface area (Å²) in [5.74, 6) is 1.15. The molecule has 0 amide bonds. The Kier molecular flexibility index (Phi) is 3.63. The third kappa shape index (κ3) is 2.14. The minimum absolute atomic E-state index is 0.154. The van der Waals surface area contributed by atoms with Crippen molar-refractivity contribution in [1.82, 2.24) is 0 Å². The maximum absolute atomic E-state index is 6.63. The van der Waals surface area contributed by atoms with Crippen molar-refractivity contribution in [3.63, 3.8) is 0 Å². The maximum atomic E-state index is 6.63. The highest BCUT2D eigenvalue weighted by molar-refractivity contribution is 6.47. The van der Waals surface area contributed by atoms with Crippen LogP contribution in [0.5, 0.6) is 0 Å². The van der Waals surface area contributed by atoms with Gasteiger partial charge in [-0.3, -0.25) is 0 Å². The molecule has 1 aromatic heterocycles. The largest absolute Gasteiger partial charge is 0.475 e. The van der Waals surface area contributed by atoms with E-state index in [0.717, 1.165) is 35.3 Å². The van der Waals surface area contributed by atoms with E-state index in [2.05, 4.69) is 26.8 Å². The van der Waals surface area contributed by atoms with Gasteiger partial charge in [-0.25, -0.2) is 0 Å². The lowest BCUT2D eigenvalue weighted by Crippen LogP contribution is -2.66. The normalized spacial score (nSPS) is 36.0. The first kappa shape index (κ1) is 16.8. The van der Waals surface area contributed by atoms with E-state index in [9.17, 15) is 0 Å². The number of hydrogen-bond acceptors (Lipinski definition) is 4. The van der Waals surface area contributed by atoms with Crippen molar-refractivity contribution < 1.29 is 13.7 Å². The predicted molar refractivity (Wildman–Crippen MR) is 103 cm³/mol. The summed E-state index contributed by atoms with van der Waals surface area (Å²) in [6.45, 7) is 7.03. The molecule has 0 spiro atoms. The zero-order valence-corrected chi connectivity index (χ0v) is 15.9. The summed E-state index contributed by atoms with van der Waals surface area (Å²) in [7, 11) is -0.330. The number of furan rings is 1. The molecule has 1 aliphatic heterocycles. The van der Waals surface area contributed by atoms with Crippen LogP contribution in [-0.4, -0.2) is 24.8 Å². The van der Waals surface area contributed by atoms with Crippen LogP contribution in [0.15, 0.2) is 34.9 Å². The third-order valence-electron chi connectivity index (χ3n) is 7.66. The van der Waals surface area contributed by atoms with Crippen LogP contribution in [0.2, 0.25) is 0 Å². The van der Waals surface area contributed by atoms with E-state index >= 15 is 0 Å². The van der Waals surface area contributed by atoms with Crippen LogP contribution < -0.4 is 5.73 Å². The van der Waals surface area contributed by atoms with Crippen molar-refractivity contribution in [2.24, 2.45) is 23.0 Å². The summed E-state index contributed by atoms with van der Waals surface area (Å²) in [4.78, 5) is 0. The monoisotopic (exact) mass is 353 g/mol. The molecule has 138 valence electrons. The zero-order chi connectivity index (χ0) is 18.1. The molecule has 4 nitrogen and oxygen atoms in total. The Labute approximate surface area is 155 Å². The quantitative estimate of drug-likeness (QED) is 0.846. The molecule has 0 radical (unpaired) electrons. The van der Waals surface area contributed by atoms with Crippen LogP contribution in [-0.2, 0) is 15.7 Å². The van der Waals surface area contributed by atoms with Gasteiger partial charge in [0.05, 0.1) is 18.0 Å². The summed E-state index contributed by atoms with van der Waals surface area (Å²) in [6, 6.07) is 8.10. The van der Waals surface area contributed by atoms with E-state index < -0.39 is 0 Å². The number of rotatable bonds is 4. The lowest BCUT2D eigenvalue weighted by molar-refractivity contribution is -0.208. The van der Waals surface area contributed by atoms with E-state index in [0.29, 0.717) is 17.8 Å². The van der Waals surface area contributed by atoms with Gasteiger partial charge in [0.1, 0.15) is 5.58 Å². The van der Waals surface area contributed by atoms with Gasteiger partial charge >= 0.3 is 7.12 Å². The topological polar surface area (TPSA) is 57.6 Å². The van der Waals surface area contributed by atoms with Crippen LogP contribution in [0.1, 0.15) is 45.6 Å². The first-order valence-electron chi connectivity index (χ1n) is 9.99. The second kappa shape index (κ2) is 5.60. The Morgan fingerprint density at radius 2 is 2.08 bits per heavy atom. The summed E-state index contributed by atoms with van der Waals surface area (Å²) in [6.07, 6.45) is 6.09. The standard InChI is InChI=1S/C21H28BNO3/c1-4-21-17-10-14(20(17,2)3)11-18(21)25-22(26-21)19(23)9-13-12-24-16-8-6-5-7-15(13)16/h5-8,12,14,17-19H,4,9-11,23H2,1-3H3/t14-,17-,18+,19-,21-/m0/s1. The van der Waals surface area contributed by atoms with Gasteiger partial charge in [-0.05, 0) is 54.6 Å². The first-order valence-corrected chi connectivity index (χ1v) is 9.99. The SMILES string of the molecule is CC[C@@]12OB([C@@H](N)Cc3coc4ccccc34)O[C@@H]1C[C@@H]1C[C@H]2C1(C)C. The molecule has 2 heterocycles. The minimum Gasteiger partial charge on any atom is -0.464 e. The molecular formula is C21H28BNO3. The molecule has 0 unspecified atom stereocenters. The van der Waals surface area contributed by atoms with Gasteiger partial charge in [-0.1, -0.05) is 39.0 Å². The third-order valence-corrected chi connectivity index (χ3v) is 7.66. The van der Waals surface area contributed by atoms with E-state index in [1.807, 2.05) is 24.5 Å². The summed E-state index contributed by atoms with van der Waals surface area (Å²) in [5.41, 5.74) is 8.80. The Bertz CT molecular complexity index is 834. The van der Waals surface area contributed by atoms with Gasteiger partial charge in [0.25, 0.3) is 0 Å². The fraction of sp³-hybridized carbons (Fsp3) is 0.619. The van der Waals surface area contributed by atoms with Gasteiger partial charge in [0, 0.05) is 11.3 Å². The van der Waals surface area contributed by atoms with Gasteiger partial charge < -0.3 is 19.5 Å². The van der Waals surface area contributed by atoms with Crippen molar-refractivity contribution in [3.8, 4) is 0 Å². The second-order valence-electron chi connectivity index (χ2n) is 9.09. The molecule has 3 saturated carbocycles. The predicted octanol–water partition coefficient (Wildman–Crippen LogP) is 3.96. The van der Waals surface area contributed by atoms with Crippen LogP contribution >= 0.6 is 0 Å². The van der Waals surface area contributed by atoms with Crippen molar-refractivity contribution in [2.45, 2.75) is 64.1 Å². The van der Waals surface area contributed by atoms with Gasteiger partial charge in [0.2, 0.25) is 0 Å². The molecule has 26 heavy (non-hydrogen) atoms. The first-order chi connectivity index (χ1) is 12.5. The van der Waals surface area contributed by atoms with E-state index in [1.165, 1.54) is 6.42 Å². The molecule has 1 aromatic carbocycles. The van der Waals surface area contributed by atoms with Crippen LogP contribution in [0.25, 0.3) is 11.0 Å². The molecule has 6 rings (SSSR count). The number of para-hydroxylation sites is 1. The summed E-state index contributed by atoms with van der Waals surface area (Å²) >= 11 is 0. The number of nitrogens with two attached hydrogens (primary N) is 1. The molecule has 5 atom stereocenters. The molecule has 5 heteroatoms. The van der Waals surface area contributed by atoms with Crippen molar-refractivity contribution >= 4 is 18.1 Å². The van der Waals surface area contributed by atoms with Crippen molar-refractivity contribution in [2.75, 3.05) is 0 Å². The Hall–Kier alpha value is -1.30. The van der Waals surface area contributed by atoms with Crippen molar-refractivity contribution in [3.05, 3.63) is 36.1 Å². The average molecular weight is 353 g/mol. The van der Waals surface area contributed by atoms with Crippen molar-refractivity contribution in [1.29, 1.82) is 0 Å². The Balaban J connectivity index is 1.37. The number of fused-ring (bicyclic) bond motifs is 1. The Morgan fingerprint density at radius 3 is 2.85 bits per heavy atom. The lowest BCUT2D eigenvalue weighted by atomic mass is 9.43. The number of hydrogen-bond donors (Lipinski definition) is 1. The van der Waals surface area contributed by atoms with Gasteiger partial charge in [-0.15, -0.1) is 0 Å². The molecule has 2 bridgehead atoms. The van der Waals surface area contributed by atoms with E-state index in [4.69, 9.17) is 19.5 Å². The summed E-state index contributed by atoms with van der Waals surface area (Å²) in [5, 5.41) is 1.13. The van der Waals surface area contributed by atoms with Gasteiger partial charge in [-0.2, -0.15) is 0 Å². The highest BCUT2D eigenvalue weighted by atomic mass is 16.7. The second-order valence-corrected chi connectivity index (χ2v) is 9.09. The van der Waals surface area contributed by atoms with Crippen LogP contribution in [0, 0.1) is 17.3 Å². The number of benzene rings is 1. The van der Waals surface area contributed by atoms with E-state index in [1.54, 1.807) is 0 Å². The van der Waals surface area contributed by atoms with E-state index in [-0.39, 0.29) is 24.8 Å². The molecule has 2 N–H and O–H groups in total. The Morgan fingerprint density at radius 1 is 1.27 bits per heavy atom. The fourth-order valence-electron chi connectivity index (χ4n) is 5.95. The van der Waals surface area contributed by atoms with Crippen LogP contribution in [0.4, 0.5) is 0 Å². The molecule has 4 fully saturated rings. The molecule has 3 aliphatic carbocycles. The zero-order valence-electron chi connectivity index (χ0n) is 15.9. The average Bonchev–Trinajstić information content (AvgIpc) is 3.23. The maximum Gasteiger partial charge on any atom is 0.475 e. The fourth-order valence-corrected chi connectivity index (χ4v) is 5.95. The smallest absolute Gasteiger partial charge is 0.464 e. The summed E-state index contributed by atoms with van der Waals surface area (Å²) < 4.78 is 18.7. The molecule has 2 aromatic rings. The molecular weight excluding hydrogens is 325 g/mol. The molecule has 1 saturated heterocycles.